The van der Waals surface area contributed by atoms with E-state index in [-0.39, 0.29) is 11.9 Å². The van der Waals surface area contributed by atoms with E-state index in [1.165, 1.54) is 24.9 Å². The van der Waals surface area contributed by atoms with E-state index in [1.54, 1.807) is 4.90 Å². The normalized spacial score (nSPS) is 28.0. The van der Waals surface area contributed by atoms with Crippen molar-refractivity contribution in [3.05, 3.63) is 35.9 Å². The highest BCUT2D eigenvalue weighted by Crippen LogP contribution is 2.27. The van der Waals surface area contributed by atoms with Gasteiger partial charge in [-0.15, -0.1) is 0 Å². The van der Waals surface area contributed by atoms with Gasteiger partial charge >= 0.3 is 0 Å². The zero-order chi connectivity index (χ0) is 20.8. The van der Waals surface area contributed by atoms with Crippen LogP contribution in [0.25, 0.3) is 0 Å². The molecule has 1 aliphatic carbocycles. The van der Waals surface area contributed by atoms with Gasteiger partial charge in [-0.25, -0.2) is 0 Å². The van der Waals surface area contributed by atoms with Gasteiger partial charge in [-0.2, -0.15) is 5.26 Å². The van der Waals surface area contributed by atoms with Gasteiger partial charge in [-0.1, -0.05) is 30.3 Å². The molecule has 1 N–H and O–H groups in total. The fraction of sp³-hybridized carbons (Fsp3) is 0.667. The number of nitrogens with zero attached hydrogens (tertiary/aromatic N) is 4. The monoisotopic (exact) mass is 409 g/mol. The second kappa shape index (κ2) is 10.4. The maximum atomic E-state index is 12.4. The third-order valence-electron chi connectivity index (χ3n) is 7.04. The molecule has 30 heavy (non-hydrogen) atoms. The number of rotatable bonds is 7. The minimum atomic E-state index is -0.212. The average Bonchev–Trinajstić information content (AvgIpc) is 3.43. The summed E-state index contributed by atoms with van der Waals surface area (Å²) in [5.74, 6) is 0.828. The molecule has 2 heterocycles. The van der Waals surface area contributed by atoms with E-state index < -0.39 is 0 Å². The fourth-order valence-corrected chi connectivity index (χ4v) is 5.30. The van der Waals surface area contributed by atoms with Crippen molar-refractivity contribution in [1.29, 1.82) is 5.26 Å². The summed E-state index contributed by atoms with van der Waals surface area (Å²) in [7, 11) is 0. The van der Waals surface area contributed by atoms with Crippen LogP contribution in [0.1, 0.15) is 37.7 Å². The SMILES string of the molecule is N#C[C@@H]1CCCN1C(=O)CNC1CCC(CN2CCN(Cc3ccccc3)CC2)C1. The summed E-state index contributed by atoms with van der Waals surface area (Å²) in [6.45, 7) is 7.97. The molecule has 1 saturated carbocycles. The van der Waals surface area contributed by atoms with Gasteiger partial charge in [0.15, 0.2) is 0 Å². The molecule has 3 atom stereocenters. The van der Waals surface area contributed by atoms with Gasteiger partial charge in [0.2, 0.25) is 5.91 Å². The first-order valence-electron chi connectivity index (χ1n) is 11.6. The Hall–Kier alpha value is -1.94. The molecule has 0 spiro atoms. The predicted molar refractivity (Wildman–Crippen MR) is 118 cm³/mol. The van der Waals surface area contributed by atoms with Crippen LogP contribution in [0.5, 0.6) is 0 Å². The number of likely N-dealkylation sites (tertiary alicyclic amines) is 1. The van der Waals surface area contributed by atoms with Crippen molar-refractivity contribution in [3.63, 3.8) is 0 Å². The van der Waals surface area contributed by atoms with Gasteiger partial charge < -0.3 is 15.1 Å². The summed E-state index contributed by atoms with van der Waals surface area (Å²) in [6.07, 6.45) is 5.36. The predicted octanol–water partition coefficient (Wildman–Crippen LogP) is 2.08. The number of carbonyl (C=O) groups is 1. The van der Waals surface area contributed by atoms with Crippen LogP contribution in [0.15, 0.2) is 30.3 Å². The molecule has 0 bridgehead atoms. The Kier molecular flexibility index (Phi) is 7.37. The Morgan fingerprint density at radius 3 is 2.57 bits per heavy atom. The number of nitriles is 1. The van der Waals surface area contributed by atoms with E-state index in [4.69, 9.17) is 0 Å². The molecule has 1 amide bonds. The molecular weight excluding hydrogens is 374 g/mol. The highest BCUT2D eigenvalue weighted by atomic mass is 16.2. The zero-order valence-corrected chi connectivity index (χ0v) is 18.0. The minimum Gasteiger partial charge on any atom is -0.326 e. The lowest BCUT2D eigenvalue weighted by Gasteiger charge is -2.36. The van der Waals surface area contributed by atoms with Crippen LogP contribution in [-0.2, 0) is 11.3 Å². The molecule has 2 aliphatic heterocycles. The molecule has 3 fully saturated rings. The number of hydrogen-bond acceptors (Lipinski definition) is 5. The second-order valence-corrected chi connectivity index (χ2v) is 9.19. The molecule has 6 heteroatoms. The van der Waals surface area contributed by atoms with Gasteiger partial charge in [0.1, 0.15) is 6.04 Å². The quantitative estimate of drug-likeness (QED) is 0.747. The summed E-state index contributed by atoms with van der Waals surface area (Å²) in [6, 6.07) is 13.2. The van der Waals surface area contributed by atoms with Crippen LogP contribution < -0.4 is 5.32 Å². The third-order valence-corrected chi connectivity index (χ3v) is 7.04. The Morgan fingerprint density at radius 1 is 1.03 bits per heavy atom. The number of benzene rings is 1. The van der Waals surface area contributed by atoms with Crippen LogP contribution >= 0.6 is 0 Å². The highest BCUT2D eigenvalue weighted by Gasteiger charge is 2.31. The van der Waals surface area contributed by atoms with Crippen molar-refractivity contribution in [3.8, 4) is 6.07 Å². The van der Waals surface area contributed by atoms with E-state index in [1.807, 2.05) is 0 Å². The minimum absolute atomic E-state index is 0.0945. The zero-order valence-electron chi connectivity index (χ0n) is 18.0. The first-order valence-corrected chi connectivity index (χ1v) is 11.6. The van der Waals surface area contributed by atoms with Crippen LogP contribution in [0.3, 0.4) is 0 Å². The maximum Gasteiger partial charge on any atom is 0.237 e. The number of nitrogens with one attached hydrogen (secondary N) is 1. The average molecular weight is 410 g/mol. The van der Waals surface area contributed by atoms with Crippen molar-refractivity contribution < 1.29 is 4.79 Å². The molecule has 1 aromatic carbocycles. The van der Waals surface area contributed by atoms with E-state index in [0.29, 0.717) is 12.6 Å². The molecule has 1 aromatic rings. The number of piperazine rings is 1. The number of hydrogen-bond donors (Lipinski definition) is 1. The van der Waals surface area contributed by atoms with Gasteiger partial charge in [0.25, 0.3) is 0 Å². The summed E-state index contributed by atoms with van der Waals surface area (Å²) in [4.78, 5) is 19.4. The topological polar surface area (TPSA) is 62.6 Å². The Balaban J connectivity index is 1.13. The first-order chi connectivity index (χ1) is 14.7. The second-order valence-electron chi connectivity index (χ2n) is 9.19. The standard InChI is InChI=1S/C24H35N5O/c25-16-23-7-4-10-29(23)24(30)17-26-22-9-8-21(15-22)19-28-13-11-27(12-14-28)18-20-5-2-1-3-6-20/h1-3,5-6,21-23,26H,4,7-15,17-19H2/t21?,22?,23-/m0/s1. The Morgan fingerprint density at radius 2 is 1.80 bits per heavy atom. The number of carbonyl (C=O) groups excluding carboxylic acids is 1. The largest absolute Gasteiger partial charge is 0.326 e. The van der Waals surface area contributed by atoms with E-state index in [2.05, 4.69) is 51.5 Å². The molecular formula is C24H35N5O. The third kappa shape index (κ3) is 5.60. The number of amides is 1. The molecule has 0 aromatic heterocycles. The lowest BCUT2D eigenvalue weighted by Crippen LogP contribution is -2.47. The first kappa shape index (κ1) is 21.3. The Labute approximate surface area is 180 Å². The van der Waals surface area contributed by atoms with Crippen molar-refractivity contribution in [2.24, 2.45) is 5.92 Å². The molecule has 2 saturated heterocycles. The summed E-state index contributed by atoms with van der Waals surface area (Å²) in [5, 5.41) is 12.7. The van der Waals surface area contributed by atoms with Gasteiger partial charge in [-0.3, -0.25) is 9.69 Å². The van der Waals surface area contributed by atoms with E-state index in [0.717, 1.165) is 64.4 Å². The van der Waals surface area contributed by atoms with Gasteiger partial charge in [0, 0.05) is 51.9 Å². The highest BCUT2D eigenvalue weighted by molar-refractivity contribution is 5.79. The van der Waals surface area contributed by atoms with Crippen molar-refractivity contribution >= 4 is 5.91 Å². The summed E-state index contributed by atoms with van der Waals surface area (Å²) in [5.41, 5.74) is 1.40. The van der Waals surface area contributed by atoms with E-state index >= 15 is 0 Å². The molecule has 6 nitrogen and oxygen atoms in total. The summed E-state index contributed by atoms with van der Waals surface area (Å²) < 4.78 is 0. The molecule has 3 aliphatic rings. The van der Waals surface area contributed by atoms with E-state index in [9.17, 15) is 10.1 Å². The lowest BCUT2D eigenvalue weighted by atomic mass is 10.1. The van der Waals surface area contributed by atoms with Gasteiger partial charge in [-0.05, 0) is 43.6 Å². The van der Waals surface area contributed by atoms with Gasteiger partial charge in [0.05, 0.1) is 12.6 Å². The molecule has 162 valence electrons. The Bertz CT molecular complexity index is 725. The summed E-state index contributed by atoms with van der Waals surface area (Å²) >= 11 is 0. The van der Waals surface area contributed by atoms with Crippen LogP contribution in [0, 0.1) is 17.2 Å². The molecule has 0 radical (unpaired) electrons. The molecule has 4 rings (SSSR count). The van der Waals surface area contributed by atoms with Crippen molar-refractivity contribution in [1.82, 2.24) is 20.0 Å². The van der Waals surface area contributed by atoms with Crippen LogP contribution in [-0.4, -0.2) is 78.5 Å². The van der Waals surface area contributed by atoms with Crippen molar-refractivity contribution in [2.75, 3.05) is 45.8 Å². The smallest absolute Gasteiger partial charge is 0.237 e. The van der Waals surface area contributed by atoms with Crippen LogP contribution in [0.4, 0.5) is 0 Å². The molecule has 2 unspecified atom stereocenters. The lowest BCUT2D eigenvalue weighted by molar-refractivity contribution is -0.130. The van der Waals surface area contributed by atoms with Crippen molar-refractivity contribution in [2.45, 2.75) is 50.7 Å². The maximum absolute atomic E-state index is 12.4. The fourth-order valence-electron chi connectivity index (χ4n) is 5.30. The van der Waals surface area contributed by atoms with Crippen LogP contribution in [0.2, 0.25) is 0 Å².